The highest BCUT2D eigenvalue weighted by atomic mass is 16.2. The molecule has 1 amide bonds. The number of rotatable bonds is 3. The first kappa shape index (κ1) is 17.1. The number of nitrogens with zero attached hydrogens (tertiary/aromatic N) is 4. The molecule has 6 nitrogen and oxygen atoms in total. The number of carbonyl (C=O) groups is 1. The van der Waals surface area contributed by atoms with Gasteiger partial charge < -0.3 is 15.1 Å². The van der Waals surface area contributed by atoms with E-state index in [0.717, 1.165) is 69.4 Å². The van der Waals surface area contributed by atoms with E-state index in [1.807, 2.05) is 11.8 Å². The number of piperidine rings is 1. The van der Waals surface area contributed by atoms with Gasteiger partial charge in [-0.15, -0.1) is 0 Å². The summed E-state index contributed by atoms with van der Waals surface area (Å²) in [6.45, 7) is 11.4. The molecule has 1 aromatic rings. The third-order valence-corrected chi connectivity index (χ3v) is 4.94. The third-order valence-electron chi connectivity index (χ3n) is 4.94. The number of hydrogen-bond acceptors (Lipinski definition) is 5. The van der Waals surface area contributed by atoms with Crippen LogP contribution in [0.5, 0.6) is 0 Å². The Labute approximate surface area is 144 Å². The second kappa shape index (κ2) is 7.47. The van der Waals surface area contributed by atoms with Gasteiger partial charge in [0.05, 0.1) is 5.92 Å². The first-order valence-electron chi connectivity index (χ1n) is 9.14. The van der Waals surface area contributed by atoms with Gasteiger partial charge in [-0.05, 0) is 26.3 Å². The Kier molecular flexibility index (Phi) is 5.33. The van der Waals surface area contributed by atoms with Crippen LogP contribution in [0.15, 0.2) is 6.07 Å². The molecule has 24 heavy (non-hydrogen) atoms. The van der Waals surface area contributed by atoms with E-state index in [0.29, 0.717) is 11.8 Å². The molecule has 2 fully saturated rings. The van der Waals surface area contributed by atoms with Crippen molar-refractivity contribution in [1.29, 1.82) is 0 Å². The Bertz CT molecular complexity index is 575. The zero-order valence-electron chi connectivity index (χ0n) is 15.1. The maximum atomic E-state index is 12.6. The minimum Gasteiger partial charge on any atom is -0.353 e. The lowest BCUT2D eigenvalue weighted by Crippen LogP contribution is -2.52. The lowest BCUT2D eigenvalue weighted by Gasteiger charge is -2.37. The topological polar surface area (TPSA) is 61.4 Å². The fourth-order valence-electron chi connectivity index (χ4n) is 3.47. The van der Waals surface area contributed by atoms with E-state index >= 15 is 0 Å². The molecule has 1 atom stereocenters. The van der Waals surface area contributed by atoms with Crippen molar-refractivity contribution >= 4 is 11.7 Å². The monoisotopic (exact) mass is 331 g/mol. The van der Waals surface area contributed by atoms with Crippen LogP contribution in [0.2, 0.25) is 0 Å². The number of aromatic nitrogens is 2. The molecular weight excluding hydrogens is 302 g/mol. The first-order valence-corrected chi connectivity index (χ1v) is 9.14. The van der Waals surface area contributed by atoms with Gasteiger partial charge in [0.1, 0.15) is 11.6 Å². The Morgan fingerprint density at radius 3 is 2.62 bits per heavy atom. The van der Waals surface area contributed by atoms with Gasteiger partial charge in [-0.1, -0.05) is 13.8 Å². The quantitative estimate of drug-likeness (QED) is 0.911. The predicted molar refractivity (Wildman–Crippen MR) is 95.2 cm³/mol. The zero-order valence-corrected chi connectivity index (χ0v) is 15.1. The van der Waals surface area contributed by atoms with Crippen molar-refractivity contribution < 1.29 is 4.79 Å². The molecule has 0 bridgehead atoms. The lowest BCUT2D eigenvalue weighted by molar-refractivity contribution is -0.136. The second-order valence-corrected chi connectivity index (χ2v) is 7.24. The molecular formula is C18H29N5O. The number of nitrogens with one attached hydrogen (secondary N) is 1. The molecule has 132 valence electrons. The van der Waals surface area contributed by atoms with E-state index in [2.05, 4.69) is 35.1 Å². The van der Waals surface area contributed by atoms with E-state index in [9.17, 15) is 4.79 Å². The van der Waals surface area contributed by atoms with Gasteiger partial charge in [0.15, 0.2) is 0 Å². The molecule has 3 heterocycles. The Hall–Kier alpha value is -1.69. The van der Waals surface area contributed by atoms with E-state index in [-0.39, 0.29) is 5.92 Å². The van der Waals surface area contributed by atoms with Gasteiger partial charge >= 0.3 is 0 Å². The Balaban J connectivity index is 1.61. The van der Waals surface area contributed by atoms with E-state index < -0.39 is 0 Å². The summed E-state index contributed by atoms with van der Waals surface area (Å²) < 4.78 is 0. The lowest BCUT2D eigenvalue weighted by atomic mass is 9.98. The van der Waals surface area contributed by atoms with Gasteiger partial charge in [-0.2, -0.15) is 0 Å². The minimum absolute atomic E-state index is 0.166. The average Bonchev–Trinajstić information content (AvgIpc) is 2.61. The molecule has 0 spiro atoms. The van der Waals surface area contributed by atoms with Crippen LogP contribution in [0.25, 0.3) is 0 Å². The van der Waals surface area contributed by atoms with E-state index in [1.54, 1.807) is 0 Å². The molecule has 0 aromatic carbocycles. The third kappa shape index (κ3) is 3.86. The van der Waals surface area contributed by atoms with Crippen molar-refractivity contribution in [3.8, 4) is 0 Å². The summed E-state index contributed by atoms with van der Waals surface area (Å²) in [5.41, 5.74) is 1.01. The molecule has 2 saturated heterocycles. The van der Waals surface area contributed by atoms with Crippen LogP contribution in [-0.2, 0) is 4.79 Å². The summed E-state index contributed by atoms with van der Waals surface area (Å²) in [7, 11) is 0. The molecule has 1 N–H and O–H groups in total. The normalized spacial score (nSPS) is 22.1. The standard InChI is InChI=1S/C18H29N5O/c1-13(2)17-20-14(3)11-16(21-17)22-7-9-23(10-8-22)18(24)15-5-4-6-19-12-15/h11,13,15,19H,4-10,12H2,1-3H3. The molecule has 1 unspecified atom stereocenters. The summed E-state index contributed by atoms with van der Waals surface area (Å²) in [4.78, 5) is 26.2. The van der Waals surface area contributed by atoms with Crippen molar-refractivity contribution in [2.24, 2.45) is 5.92 Å². The summed E-state index contributed by atoms with van der Waals surface area (Å²) in [6.07, 6.45) is 2.13. The largest absolute Gasteiger partial charge is 0.353 e. The Morgan fingerprint density at radius 2 is 2.00 bits per heavy atom. The van der Waals surface area contributed by atoms with Crippen molar-refractivity contribution in [1.82, 2.24) is 20.2 Å². The number of carbonyl (C=O) groups excluding carboxylic acids is 1. The molecule has 2 aliphatic heterocycles. The van der Waals surface area contributed by atoms with Crippen LogP contribution in [-0.4, -0.2) is 60.0 Å². The van der Waals surface area contributed by atoms with Crippen LogP contribution in [0, 0.1) is 12.8 Å². The van der Waals surface area contributed by atoms with Crippen molar-refractivity contribution in [3.05, 3.63) is 17.6 Å². The fraction of sp³-hybridized carbons (Fsp3) is 0.722. The smallest absolute Gasteiger partial charge is 0.227 e. The van der Waals surface area contributed by atoms with Crippen molar-refractivity contribution in [3.63, 3.8) is 0 Å². The summed E-state index contributed by atoms with van der Waals surface area (Å²) in [5, 5.41) is 3.34. The fourth-order valence-corrected chi connectivity index (χ4v) is 3.47. The molecule has 1 aromatic heterocycles. The van der Waals surface area contributed by atoms with Gasteiger partial charge in [0, 0.05) is 50.4 Å². The van der Waals surface area contributed by atoms with E-state index in [4.69, 9.17) is 4.98 Å². The van der Waals surface area contributed by atoms with Crippen molar-refractivity contribution in [2.45, 2.75) is 39.5 Å². The average molecular weight is 331 g/mol. The maximum absolute atomic E-state index is 12.6. The Morgan fingerprint density at radius 1 is 1.25 bits per heavy atom. The number of anilines is 1. The SMILES string of the molecule is Cc1cc(N2CCN(C(=O)C3CCCNC3)CC2)nc(C(C)C)n1. The zero-order chi connectivity index (χ0) is 17.1. The van der Waals surface area contributed by atoms with E-state index in [1.165, 1.54) is 0 Å². The highest BCUT2D eigenvalue weighted by Crippen LogP contribution is 2.20. The van der Waals surface area contributed by atoms with Crippen LogP contribution < -0.4 is 10.2 Å². The predicted octanol–water partition coefficient (Wildman–Crippen LogP) is 1.56. The summed E-state index contributed by atoms with van der Waals surface area (Å²) in [5.74, 6) is 2.71. The van der Waals surface area contributed by atoms with Crippen LogP contribution in [0.3, 0.4) is 0 Å². The number of hydrogen-bond donors (Lipinski definition) is 1. The van der Waals surface area contributed by atoms with Gasteiger partial charge in [0.2, 0.25) is 5.91 Å². The van der Waals surface area contributed by atoms with Crippen LogP contribution >= 0.6 is 0 Å². The molecule has 0 saturated carbocycles. The van der Waals surface area contributed by atoms with Crippen LogP contribution in [0.4, 0.5) is 5.82 Å². The first-order chi connectivity index (χ1) is 11.5. The molecule has 2 aliphatic rings. The summed E-state index contributed by atoms with van der Waals surface area (Å²) in [6, 6.07) is 2.05. The number of piperazine rings is 1. The summed E-state index contributed by atoms with van der Waals surface area (Å²) >= 11 is 0. The van der Waals surface area contributed by atoms with Gasteiger partial charge in [0.25, 0.3) is 0 Å². The maximum Gasteiger partial charge on any atom is 0.227 e. The highest BCUT2D eigenvalue weighted by molar-refractivity contribution is 5.79. The minimum atomic E-state index is 0.166. The van der Waals surface area contributed by atoms with Crippen molar-refractivity contribution in [2.75, 3.05) is 44.2 Å². The second-order valence-electron chi connectivity index (χ2n) is 7.24. The molecule has 6 heteroatoms. The number of amides is 1. The van der Waals surface area contributed by atoms with Gasteiger partial charge in [-0.25, -0.2) is 9.97 Å². The number of aryl methyl sites for hydroxylation is 1. The molecule has 0 radical (unpaired) electrons. The molecule has 3 rings (SSSR count). The highest BCUT2D eigenvalue weighted by Gasteiger charge is 2.28. The van der Waals surface area contributed by atoms with Gasteiger partial charge in [-0.3, -0.25) is 4.79 Å². The molecule has 0 aliphatic carbocycles. The van der Waals surface area contributed by atoms with Crippen LogP contribution in [0.1, 0.15) is 44.1 Å².